The zero-order chi connectivity index (χ0) is 13.6. The molecule has 0 rings (SSSR count). The highest BCUT2D eigenvalue weighted by molar-refractivity contribution is 5.76. The molecule has 0 bridgehead atoms. The van der Waals surface area contributed by atoms with Crippen molar-refractivity contribution in [3.05, 3.63) is 0 Å². The van der Waals surface area contributed by atoms with Crippen LogP contribution in [0.4, 0.5) is 0 Å². The van der Waals surface area contributed by atoms with E-state index in [4.69, 9.17) is 5.11 Å². The van der Waals surface area contributed by atoms with Gasteiger partial charge in [-0.05, 0) is 33.4 Å². The zero-order valence-electron chi connectivity index (χ0n) is 11.5. The molecule has 0 aliphatic heterocycles. The van der Waals surface area contributed by atoms with Crippen LogP contribution >= 0.6 is 0 Å². The number of aliphatic hydroxyl groups is 1. The minimum Gasteiger partial charge on any atom is -0.479 e. The van der Waals surface area contributed by atoms with Crippen LogP contribution in [0.3, 0.4) is 0 Å². The predicted octanol–water partition coefficient (Wildman–Crippen LogP) is 0.388. The van der Waals surface area contributed by atoms with Crippen LogP contribution in [-0.2, 0) is 4.79 Å². The average Bonchev–Trinajstić information content (AvgIpc) is 2.12. The molecule has 0 radical (unpaired) electrons. The fourth-order valence-corrected chi connectivity index (χ4v) is 1.65. The quantitative estimate of drug-likeness (QED) is 0.578. The monoisotopic (exact) mass is 246 g/mol. The van der Waals surface area contributed by atoms with Crippen LogP contribution in [0, 0.1) is 5.92 Å². The second-order valence-electron chi connectivity index (χ2n) is 5.55. The number of nitrogens with one attached hydrogen (secondary N) is 1. The SMILES string of the molecule is CC(C)CC(CN(C)C)NCC(C)(O)C(=O)O. The summed E-state index contributed by atoms with van der Waals surface area (Å²) in [6, 6.07) is 0.191. The molecule has 102 valence electrons. The fourth-order valence-electron chi connectivity index (χ4n) is 1.65. The number of carbonyl (C=O) groups is 1. The third-order valence-electron chi connectivity index (χ3n) is 2.54. The molecular formula is C12H26N2O3. The lowest BCUT2D eigenvalue weighted by Crippen LogP contribution is -2.50. The summed E-state index contributed by atoms with van der Waals surface area (Å²) in [5, 5.41) is 21.6. The van der Waals surface area contributed by atoms with Gasteiger partial charge in [-0.15, -0.1) is 0 Å². The zero-order valence-corrected chi connectivity index (χ0v) is 11.5. The van der Waals surface area contributed by atoms with Crippen molar-refractivity contribution in [3.8, 4) is 0 Å². The van der Waals surface area contributed by atoms with Gasteiger partial charge in [0.05, 0.1) is 0 Å². The number of carboxylic acids is 1. The van der Waals surface area contributed by atoms with Crippen molar-refractivity contribution in [3.63, 3.8) is 0 Å². The van der Waals surface area contributed by atoms with Crippen molar-refractivity contribution in [1.82, 2.24) is 10.2 Å². The standard InChI is InChI=1S/C12H26N2O3/c1-9(2)6-10(7-14(4)5)13-8-12(3,17)11(15)16/h9-10,13,17H,6-8H2,1-5H3,(H,15,16). The number of rotatable bonds is 8. The molecule has 2 unspecified atom stereocenters. The second-order valence-corrected chi connectivity index (χ2v) is 5.55. The van der Waals surface area contributed by atoms with E-state index in [1.807, 2.05) is 14.1 Å². The van der Waals surface area contributed by atoms with Crippen LogP contribution in [0.15, 0.2) is 0 Å². The lowest BCUT2D eigenvalue weighted by atomic mass is 10.0. The average molecular weight is 246 g/mol. The molecule has 0 heterocycles. The molecule has 0 aliphatic carbocycles. The summed E-state index contributed by atoms with van der Waals surface area (Å²) in [7, 11) is 3.95. The Labute approximate surface area is 104 Å². The van der Waals surface area contributed by atoms with Gasteiger partial charge in [-0.25, -0.2) is 4.79 Å². The summed E-state index contributed by atoms with van der Waals surface area (Å²) >= 11 is 0. The highest BCUT2D eigenvalue weighted by Crippen LogP contribution is 2.08. The van der Waals surface area contributed by atoms with E-state index in [-0.39, 0.29) is 12.6 Å². The van der Waals surface area contributed by atoms with Crippen LogP contribution in [0.1, 0.15) is 27.2 Å². The Hall–Kier alpha value is -0.650. The number of aliphatic carboxylic acids is 1. The van der Waals surface area contributed by atoms with Gasteiger partial charge >= 0.3 is 5.97 Å². The first kappa shape index (κ1) is 16.4. The van der Waals surface area contributed by atoms with Gasteiger partial charge in [-0.2, -0.15) is 0 Å². The van der Waals surface area contributed by atoms with E-state index in [0.29, 0.717) is 5.92 Å². The number of likely N-dealkylation sites (N-methyl/N-ethyl adjacent to an activating group) is 1. The van der Waals surface area contributed by atoms with Crippen LogP contribution in [0.5, 0.6) is 0 Å². The summed E-state index contributed by atoms with van der Waals surface area (Å²) in [6.45, 7) is 6.45. The third-order valence-corrected chi connectivity index (χ3v) is 2.54. The van der Waals surface area contributed by atoms with Gasteiger partial charge in [0.25, 0.3) is 0 Å². The predicted molar refractivity (Wildman–Crippen MR) is 68.1 cm³/mol. The second kappa shape index (κ2) is 6.93. The maximum Gasteiger partial charge on any atom is 0.336 e. The summed E-state index contributed by atoms with van der Waals surface area (Å²) in [6.07, 6.45) is 0.952. The van der Waals surface area contributed by atoms with Crippen LogP contribution in [0.25, 0.3) is 0 Å². The largest absolute Gasteiger partial charge is 0.479 e. The van der Waals surface area contributed by atoms with E-state index >= 15 is 0 Å². The maximum absolute atomic E-state index is 10.8. The molecule has 0 saturated carbocycles. The Morgan fingerprint density at radius 1 is 1.41 bits per heavy atom. The van der Waals surface area contributed by atoms with Crippen LogP contribution in [0.2, 0.25) is 0 Å². The molecule has 0 aromatic heterocycles. The number of carboxylic acid groups (broad SMARTS) is 1. The lowest BCUT2D eigenvalue weighted by molar-refractivity contribution is -0.156. The first-order chi connectivity index (χ1) is 7.65. The highest BCUT2D eigenvalue weighted by atomic mass is 16.4. The van der Waals surface area contributed by atoms with Crippen molar-refractivity contribution >= 4 is 5.97 Å². The van der Waals surface area contributed by atoms with Gasteiger partial charge in [-0.3, -0.25) is 0 Å². The van der Waals surface area contributed by atoms with E-state index in [1.54, 1.807) is 0 Å². The van der Waals surface area contributed by atoms with Crippen molar-refractivity contribution in [2.45, 2.75) is 38.8 Å². The van der Waals surface area contributed by atoms with Gasteiger partial charge in [0, 0.05) is 19.1 Å². The third kappa shape index (κ3) is 7.31. The van der Waals surface area contributed by atoms with E-state index in [9.17, 15) is 9.90 Å². The highest BCUT2D eigenvalue weighted by Gasteiger charge is 2.30. The number of hydrogen-bond acceptors (Lipinski definition) is 4. The molecule has 0 spiro atoms. The molecule has 3 N–H and O–H groups in total. The Morgan fingerprint density at radius 2 is 1.94 bits per heavy atom. The molecule has 0 amide bonds. The Morgan fingerprint density at radius 3 is 2.29 bits per heavy atom. The van der Waals surface area contributed by atoms with E-state index in [0.717, 1.165) is 13.0 Å². The van der Waals surface area contributed by atoms with Crippen molar-refractivity contribution < 1.29 is 15.0 Å². The van der Waals surface area contributed by atoms with Crippen molar-refractivity contribution in [2.24, 2.45) is 5.92 Å². The molecule has 0 aromatic rings. The maximum atomic E-state index is 10.8. The van der Waals surface area contributed by atoms with Gasteiger partial charge in [0.1, 0.15) is 0 Å². The molecule has 17 heavy (non-hydrogen) atoms. The molecule has 0 saturated heterocycles. The Kier molecular flexibility index (Phi) is 6.67. The Bertz CT molecular complexity index is 230. The van der Waals surface area contributed by atoms with Gasteiger partial charge < -0.3 is 20.4 Å². The molecule has 2 atom stereocenters. The van der Waals surface area contributed by atoms with Crippen molar-refractivity contribution in [2.75, 3.05) is 27.2 Å². The minimum absolute atomic E-state index is 0.0631. The smallest absolute Gasteiger partial charge is 0.336 e. The summed E-state index contributed by atoms with van der Waals surface area (Å²) in [5.41, 5.74) is -1.71. The first-order valence-electron chi connectivity index (χ1n) is 5.99. The van der Waals surface area contributed by atoms with Gasteiger partial charge in [0.15, 0.2) is 5.60 Å². The molecule has 5 nitrogen and oxygen atoms in total. The number of nitrogens with zero attached hydrogens (tertiary/aromatic N) is 1. The van der Waals surface area contributed by atoms with Gasteiger partial charge in [-0.1, -0.05) is 13.8 Å². The molecule has 5 heteroatoms. The molecule has 0 aromatic carbocycles. The first-order valence-corrected chi connectivity index (χ1v) is 5.99. The summed E-state index contributed by atoms with van der Waals surface area (Å²) in [4.78, 5) is 12.8. The fraction of sp³-hybridized carbons (Fsp3) is 0.917. The van der Waals surface area contributed by atoms with E-state index < -0.39 is 11.6 Å². The molecule has 0 fully saturated rings. The van der Waals surface area contributed by atoms with Crippen LogP contribution in [-0.4, -0.2) is 59.9 Å². The topological polar surface area (TPSA) is 72.8 Å². The molecular weight excluding hydrogens is 220 g/mol. The molecule has 0 aliphatic rings. The van der Waals surface area contributed by atoms with Crippen LogP contribution < -0.4 is 5.32 Å². The summed E-state index contributed by atoms with van der Waals surface area (Å²) in [5.74, 6) is -0.666. The van der Waals surface area contributed by atoms with Gasteiger partial charge in [0.2, 0.25) is 0 Å². The van der Waals surface area contributed by atoms with E-state index in [2.05, 4.69) is 24.1 Å². The van der Waals surface area contributed by atoms with Crippen molar-refractivity contribution in [1.29, 1.82) is 0 Å². The lowest BCUT2D eigenvalue weighted by Gasteiger charge is -2.27. The minimum atomic E-state index is -1.71. The Balaban J connectivity index is 4.29. The van der Waals surface area contributed by atoms with E-state index in [1.165, 1.54) is 6.92 Å². The normalized spacial score (nSPS) is 17.2. The summed E-state index contributed by atoms with van der Waals surface area (Å²) < 4.78 is 0. The number of hydrogen-bond donors (Lipinski definition) is 3.